The summed E-state index contributed by atoms with van der Waals surface area (Å²) in [5.74, 6) is 0.394. The van der Waals surface area contributed by atoms with Crippen LogP contribution < -0.4 is 10.9 Å². The molecule has 5 nitrogen and oxygen atoms in total. The van der Waals surface area contributed by atoms with Crippen molar-refractivity contribution in [3.8, 4) is 5.69 Å². The van der Waals surface area contributed by atoms with Crippen molar-refractivity contribution < 1.29 is 5.11 Å². The molecule has 2 aromatic rings. The van der Waals surface area contributed by atoms with E-state index in [0.29, 0.717) is 12.5 Å². The Labute approximate surface area is 131 Å². The minimum atomic E-state index is 0.0218. The molecule has 1 aromatic heterocycles. The SMILES string of the molecule is Cc1c(CNCC(C)CCO)c(=O)n(-c2ccccc2)n1C. The van der Waals surface area contributed by atoms with Gasteiger partial charge in [-0.25, -0.2) is 4.68 Å². The molecule has 0 radical (unpaired) electrons. The van der Waals surface area contributed by atoms with Gasteiger partial charge in [-0.15, -0.1) is 0 Å². The zero-order chi connectivity index (χ0) is 16.1. The van der Waals surface area contributed by atoms with E-state index in [9.17, 15) is 4.79 Å². The maximum Gasteiger partial charge on any atom is 0.276 e. The van der Waals surface area contributed by atoms with Crippen LogP contribution in [0.4, 0.5) is 0 Å². The highest BCUT2D eigenvalue weighted by molar-refractivity contribution is 5.33. The van der Waals surface area contributed by atoms with Gasteiger partial charge in [-0.2, -0.15) is 0 Å². The number of para-hydroxylation sites is 1. The zero-order valence-corrected chi connectivity index (χ0v) is 13.5. The van der Waals surface area contributed by atoms with Crippen LogP contribution in [0.3, 0.4) is 0 Å². The van der Waals surface area contributed by atoms with E-state index in [1.54, 1.807) is 4.68 Å². The van der Waals surface area contributed by atoms with Crippen molar-refractivity contribution in [2.75, 3.05) is 13.2 Å². The highest BCUT2D eigenvalue weighted by Gasteiger charge is 2.15. The Morgan fingerprint density at radius 2 is 1.95 bits per heavy atom. The molecule has 1 heterocycles. The maximum absolute atomic E-state index is 12.7. The van der Waals surface area contributed by atoms with Gasteiger partial charge in [-0.1, -0.05) is 25.1 Å². The highest BCUT2D eigenvalue weighted by Crippen LogP contribution is 2.10. The number of aliphatic hydroxyl groups is 1. The first kappa shape index (κ1) is 16.5. The second kappa shape index (κ2) is 7.42. The van der Waals surface area contributed by atoms with Crippen LogP contribution in [0.1, 0.15) is 24.6 Å². The number of benzene rings is 1. The molecule has 2 rings (SSSR count). The van der Waals surface area contributed by atoms with E-state index in [1.165, 1.54) is 0 Å². The molecule has 2 N–H and O–H groups in total. The highest BCUT2D eigenvalue weighted by atomic mass is 16.3. The summed E-state index contributed by atoms with van der Waals surface area (Å²) >= 11 is 0. The van der Waals surface area contributed by atoms with Crippen molar-refractivity contribution >= 4 is 0 Å². The summed E-state index contributed by atoms with van der Waals surface area (Å²) < 4.78 is 3.59. The van der Waals surface area contributed by atoms with Crippen LogP contribution in [-0.4, -0.2) is 27.6 Å². The van der Waals surface area contributed by atoms with E-state index in [1.807, 2.05) is 49.0 Å². The van der Waals surface area contributed by atoms with Gasteiger partial charge in [0.15, 0.2) is 0 Å². The van der Waals surface area contributed by atoms with E-state index in [0.717, 1.165) is 29.9 Å². The fourth-order valence-electron chi connectivity index (χ4n) is 2.59. The third kappa shape index (κ3) is 3.48. The van der Waals surface area contributed by atoms with Crippen LogP contribution in [0.2, 0.25) is 0 Å². The van der Waals surface area contributed by atoms with Gasteiger partial charge in [0.1, 0.15) is 0 Å². The standard InChI is InChI=1S/C17H25N3O2/c1-13(9-10-21)11-18-12-16-14(2)19(3)20(17(16)22)15-7-5-4-6-8-15/h4-8,13,18,21H,9-12H2,1-3H3. The second-order valence-electron chi connectivity index (χ2n) is 5.79. The molecule has 1 atom stereocenters. The lowest BCUT2D eigenvalue weighted by atomic mass is 10.1. The number of rotatable bonds is 7. The molecule has 22 heavy (non-hydrogen) atoms. The van der Waals surface area contributed by atoms with Gasteiger partial charge in [0.05, 0.1) is 11.3 Å². The van der Waals surface area contributed by atoms with Crippen LogP contribution in [0.5, 0.6) is 0 Å². The first-order valence-electron chi connectivity index (χ1n) is 7.70. The molecule has 5 heteroatoms. The first-order valence-corrected chi connectivity index (χ1v) is 7.70. The smallest absolute Gasteiger partial charge is 0.276 e. The van der Waals surface area contributed by atoms with Crippen molar-refractivity contribution in [3.05, 3.63) is 51.9 Å². The number of nitrogens with zero attached hydrogens (tertiary/aromatic N) is 2. The average molecular weight is 303 g/mol. The summed E-state index contributed by atoms with van der Waals surface area (Å²) in [6.45, 7) is 5.60. The number of hydrogen-bond acceptors (Lipinski definition) is 3. The Bertz CT molecular complexity index is 659. The molecule has 0 spiro atoms. The van der Waals surface area contributed by atoms with Crippen molar-refractivity contribution in [1.82, 2.24) is 14.7 Å². The molecular weight excluding hydrogens is 278 g/mol. The lowest BCUT2D eigenvalue weighted by Crippen LogP contribution is -2.26. The molecule has 0 amide bonds. The van der Waals surface area contributed by atoms with Gasteiger partial charge in [0.2, 0.25) is 0 Å². The Kier molecular flexibility index (Phi) is 5.57. The van der Waals surface area contributed by atoms with Gasteiger partial charge in [0, 0.05) is 25.9 Å². The quantitative estimate of drug-likeness (QED) is 0.817. The normalized spacial score (nSPS) is 12.5. The van der Waals surface area contributed by atoms with Gasteiger partial charge in [-0.05, 0) is 37.9 Å². The fourth-order valence-corrected chi connectivity index (χ4v) is 2.59. The molecule has 0 saturated heterocycles. The fraction of sp³-hybridized carbons (Fsp3) is 0.471. The molecule has 0 aliphatic heterocycles. The summed E-state index contributed by atoms with van der Waals surface area (Å²) in [5, 5.41) is 12.2. The first-order chi connectivity index (χ1) is 10.6. The molecule has 0 saturated carbocycles. The maximum atomic E-state index is 12.7. The van der Waals surface area contributed by atoms with Crippen LogP contribution in [-0.2, 0) is 13.6 Å². The molecule has 0 bridgehead atoms. The number of aromatic nitrogens is 2. The van der Waals surface area contributed by atoms with Gasteiger partial charge in [0.25, 0.3) is 5.56 Å². The zero-order valence-electron chi connectivity index (χ0n) is 13.5. The van der Waals surface area contributed by atoms with Crippen LogP contribution in [0, 0.1) is 12.8 Å². The summed E-state index contributed by atoms with van der Waals surface area (Å²) in [5.41, 5.74) is 2.66. The van der Waals surface area contributed by atoms with E-state index in [2.05, 4.69) is 12.2 Å². The summed E-state index contributed by atoms with van der Waals surface area (Å²) in [7, 11) is 1.90. The predicted molar refractivity (Wildman–Crippen MR) is 88.3 cm³/mol. The Morgan fingerprint density at radius 3 is 2.59 bits per heavy atom. The minimum absolute atomic E-state index is 0.0218. The lowest BCUT2D eigenvalue weighted by molar-refractivity contribution is 0.260. The van der Waals surface area contributed by atoms with Crippen LogP contribution in [0.25, 0.3) is 5.69 Å². The van der Waals surface area contributed by atoms with Gasteiger partial charge < -0.3 is 10.4 Å². The van der Waals surface area contributed by atoms with Crippen molar-refractivity contribution in [1.29, 1.82) is 0 Å². The molecule has 1 aromatic carbocycles. The van der Waals surface area contributed by atoms with Gasteiger partial charge in [-0.3, -0.25) is 9.48 Å². The summed E-state index contributed by atoms with van der Waals surface area (Å²) in [6.07, 6.45) is 0.773. The number of aliphatic hydroxyl groups excluding tert-OH is 1. The van der Waals surface area contributed by atoms with E-state index in [-0.39, 0.29) is 12.2 Å². The van der Waals surface area contributed by atoms with E-state index >= 15 is 0 Å². The number of hydrogen-bond donors (Lipinski definition) is 2. The summed E-state index contributed by atoms with van der Waals surface area (Å²) in [6, 6.07) is 9.66. The third-order valence-corrected chi connectivity index (χ3v) is 4.09. The van der Waals surface area contributed by atoms with Crippen molar-refractivity contribution in [2.24, 2.45) is 13.0 Å². The Hall–Kier alpha value is -1.85. The van der Waals surface area contributed by atoms with Gasteiger partial charge >= 0.3 is 0 Å². The monoisotopic (exact) mass is 303 g/mol. The molecule has 0 aliphatic rings. The van der Waals surface area contributed by atoms with Crippen LogP contribution in [0.15, 0.2) is 35.1 Å². The molecular formula is C17H25N3O2. The summed E-state index contributed by atoms with van der Waals surface area (Å²) in [4.78, 5) is 12.7. The van der Waals surface area contributed by atoms with Crippen LogP contribution >= 0.6 is 0 Å². The van der Waals surface area contributed by atoms with E-state index < -0.39 is 0 Å². The molecule has 0 fully saturated rings. The minimum Gasteiger partial charge on any atom is -0.396 e. The van der Waals surface area contributed by atoms with E-state index in [4.69, 9.17) is 5.11 Å². The molecule has 120 valence electrons. The third-order valence-electron chi connectivity index (χ3n) is 4.09. The van der Waals surface area contributed by atoms with Crippen molar-refractivity contribution in [2.45, 2.75) is 26.8 Å². The molecule has 1 unspecified atom stereocenters. The Balaban J connectivity index is 2.19. The second-order valence-corrected chi connectivity index (χ2v) is 5.79. The van der Waals surface area contributed by atoms with Crippen molar-refractivity contribution in [3.63, 3.8) is 0 Å². The number of nitrogens with one attached hydrogen (secondary N) is 1. The average Bonchev–Trinajstić information content (AvgIpc) is 2.72. The topological polar surface area (TPSA) is 59.2 Å². The largest absolute Gasteiger partial charge is 0.396 e. The lowest BCUT2D eigenvalue weighted by Gasteiger charge is -2.10. The Morgan fingerprint density at radius 1 is 1.27 bits per heavy atom. The predicted octanol–water partition coefficient (Wildman–Crippen LogP) is 1.59. The molecule has 0 aliphatic carbocycles.